The van der Waals surface area contributed by atoms with Crippen molar-refractivity contribution in [1.29, 1.82) is 0 Å². The Morgan fingerprint density at radius 3 is 1.71 bits per heavy atom. The van der Waals surface area contributed by atoms with E-state index in [4.69, 9.17) is 15.9 Å². The number of rotatable bonds is 26. The molecule has 2 rings (SSSR count). The number of carboxylic acids is 5. The molecule has 0 fully saturated rings. The van der Waals surface area contributed by atoms with E-state index in [9.17, 15) is 48.9 Å². The lowest BCUT2D eigenvalue weighted by molar-refractivity contribution is -0.937. The molecule has 0 saturated heterocycles. The summed E-state index contributed by atoms with van der Waals surface area (Å²) in [5, 5.41) is 52.9. The van der Waals surface area contributed by atoms with Crippen LogP contribution in [0.2, 0.25) is 0 Å². The third-order valence-electron chi connectivity index (χ3n) is 8.13. The summed E-state index contributed by atoms with van der Waals surface area (Å²) in [6.45, 7) is 0.838. The number of aromatic nitrogens is 4. The zero-order valence-electron chi connectivity index (χ0n) is 28.8. The summed E-state index contributed by atoms with van der Waals surface area (Å²) in [6.07, 6.45) is 7.40. The van der Waals surface area contributed by atoms with Crippen LogP contribution in [0.25, 0.3) is 0 Å². The van der Waals surface area contributed by atoms with Crippen LogP contribution in [0.15, 0.2) is 24.8 Å². The van der Waals surface area contributed by atoms with E-state index in [-0.39, 0.29) is 38.9 Å². The van der Waals surface area contributed by atoms with Crippen LogP contribution in [-0.4, -0.2) is 129 Å². The molecular formula is C31H48N9O12+. The Balaban J connectivity index is 1.84. The second-order valence-corrected chi connectivity index (χ2v) is 12.6. The maximum atomic E-state index is 12.6. The van der Waals surface area contributed by atoms with Crippen molar-refractivity contribution in [2.75, 3.05) is 20.1 Å². The topological polar surface area (TPSA) is 318 Å². The van der Waals surface area contributed by atoms with Gasteiger partial charge in [-0.05, 0) is 44.9 Å². The van der Waals surface area contributed by atoms with Crippen LogP contribution < -0.4 is 21.7 Å². The Bertz CT molecular complexity index is 1490. The number of aliphatic carboxylic acids is 5. The Labute approximate surface area is 298 Å². The first-order valence-corrected chi connectivity index (χ1v) is 16.5. The molecule has 0 bridgehead atoms. The number of hydrogen-bond donors (Lipinski definition) is 9. The number of carboxylic acid groups (broad SMARTS) is 5. The highest BCUT2D eigenvalue weighted by atomic mass is 16.4. The number of nitrogens with one attached hydrogen (secondary N) is 3. The second-order valence-electron chi connectivity index (χ2n) is 12.6. The number of hydrogen-bond acceptors (Lipinski definition) is 10. The van der Waals surface area contributed by atoms with Crippen molar-refractivity contribution in [3.8, 4) is 0 Å². The molecule has 21 nitrogen and oxygen atoms in total. The average Bonchev–Trinajstić information content (AvgIpc) is 3.67. The van der Waals surface area contributed by atoms with Crippen molar-refractivity contribution in [2.24, 2.45) is 5.73 Å². The number of carbonyl (C=O) groups is 7. The Hall–Kier alpha value is -5.57. The van der Waals surface area contributed by atoms with Gasteiger partial charge in [0.2, 0.25) is 5.91 Å². The monoisotopic (exact) mass is 738 g/mol. The third-order valence-corrected chi connectivity index (χ3v) is 8.13. The molecule has 0 saturated carbocycles. The molecular weight excluding hydrogens is 690 g/mol. The zero-order chi connectivity index (χ0) is 38.8. The molecule has 0 spiro atoms. The largest absolute Gasteiger partial charge is 0.481 e. The van der Waals surface area contributed by atoms with E-state index in [1.54, 1.807) is 12.4 Å². The first kappa shape index (κ1) is 42.6. The molecule has 288 valence electrons. The van der Waals surface area contributed by atoms with E-state index in [0.29, 0.717) is 61.4 Å². The van der Waals surface area contributed by atoms with Crippen LogP contribution in [-0.2, 0) is 54.9 Å². The summed E-state index contributed by atoms with van der Waals surface area (Å²) in [7, 11) is 1.93. The van der Waals surface area contributed by atoms with Crippen LogP contribution in [0, 0.1) is 0 Å². The van der Waals surface area contributed by atoms with Crippen LogP contribution in [0.1, 0.15) is 63.0 Å². The number of nitrogens with zero attached hydrogens (tertiary/aromatic N) is 5. The van der Waals surface area contributed by atoms with Gasteiger partial charge in [-0.3, -0.25) is 19.2 Å². The second kappa shape index (κ2) is 20.9. The quantitative estimate of drug-likeness (QED) is 0.0424. The van der Waals surface area contributed by atoms with Crippen LogP contribution in [0.3, 0.4) is 0 Å². The molecule has 0 aliphatic rings. The van der Waals surface area contributed by atoms with E-state index in [2.05, 4.69) is 25.9 Å². The fourth-order valence-corrected chi connectivity index (χ4v) is 5.41. The Kier molecular flexibility index (Phi) is 17.2. The van der Waals surface area contributed by atoms with Crippen LogP contribution in [0.4, 0.5) is 4.79 Å². The van der Waals surface area contributed by atoms with E-state index >= 15 is 0 Å². The Morgan fingerprint density at radius 1 is 0.731 bits per heavy atom. The molecule has 10 N–H and O–H groups in total. The van der Waals surface area contributed by atoms with Gasteiger partial charge in [0.05, 0.1) is 19.6 Å². The summed E-state index contributed by atoms with van der Waals surface area (Å²) < 4.78 is 3.37. The van der Waals surface area contributed by atoms with Gasteiger partial charge in [-0.25, -0.2) is 24.4 Å². The SMILES string of the molecule is C[N+](CCCC[C@H](N)C(=O)NCCCCC(NC(=O)NC(CCC(=O)O)C(=O)O)C(=O)O)(Cc1nccn1CC(=O)O)Cc1nccn1CC(=O)O. The highest BCUT2D eigenvalue weighted by molar-refractivity contribution is 5.86. The fraction of sp³-hybridized carbons (Fsp3) is 0.581. The van der Waals surface area contributed by atoms with Gasteiger partial charge in [0.15, 0.2) is 11.6 Å². The number of imidazole rings is 2. The minimum absolute atomic E-state index is 0.0261. The van der Waals surface area contributed by atoms with Gasteiger partial charge in [0.1, 0.15) is 38.3 Å². The maximum absolute atomic E-state index is 12.6. The van der Waals surface area contributed by atoms with Crippen molar-refractivity contribution < 1.29 is 63.6 Å². The summed E-state index contributed by atoms with van der Waals surface area (Å²) in [5.41, 5.74) is 6.11. The molecule has 2 unspecified atom stereocenters. The van der Waals surface area contributed by atoms with Gasteiger partial charge in [-0.15, -0.1) is 0 Å². The summed E-state index contributed by atoms with van der Waals surface area (Å²) in [4.78, 5) is 89.7. The predicted octanol–water partition coefficient (Wildman–Crippen LogP) is -0.750. The molecule has 21 heteroatoms. The number of unbranched alkanes of at least 4 members (excludes halogenated alkanes) is 2. The van der Waals surface area contributed by atoms with Gasteiger partial charge in [0.25, 0.3) is 0 Å². The summed E-state index contributed by atoms with van der Waals surface area (Å²) >= 11 is 0. The molecule has 2 heterocycles. The first-order chi connectivity index (χ1) is 24.5. The van der Waals surface area contributed by atoms with Crippen molar-refractivity contribution >= 4 is 41.8 Å². The summed E-state index contributed by atoms with van der Waals surface area (Å²) in [6, 6.07) is -4.78. The average molecular weight is 739 g/mol. The lowest BCUT2D eigenvalue weighted by Crippen LogP contribution is -2.51. The van der Waals surface area contributed by atoms with Gasteiger partial charge in [-0.1, -0.05) is 0 Å². The van der Waals surface area contributed by atoms with E-state index in [1.165, 1.54) is 21.5 Å². The van der Waals surface area contributed by atoms with E-state index < -0.39 is 66.3 Å². The lowest BCUT2D eigenvalue weighted by atomic mass is 10.1. The normalized spacial score (nSPS) is 13.0. The molecule has 2 aromatic rings. The van der Waals surface area contributed by atoms with E-state index in [1.807, 2.05) is 7.05 Å². The third kappa shape index (κ3) is 15.5. The molecule has 3 atom stereocenters. The summed E-state index contributed by atoms with van der Waals surface area (Å²) in [5.74, 6) is -5.46. The standard InChI is InChI=1S/C31H47N9O12/c1-40(18-23-33-11-13-38(23)16-26(43)44,19-24-34-12-14-39(24)17-27(45)46)15-5-3-6-20(32)28(47)35-10-4-2-7-21(29(48)49)36-31(52)37-22(30(50)51)8-9-25(41)42/h11-14,20-22H,2-10,15-19,32H2,1H3,(H7-,35,36,37,41,42,43,44,45,46,47,48,49,50,51,52)/p+1/t20-,21?,22?/m0/s1. The number of amides is 3. The molecule has 52 heavy (non-hydrogen) atoms. The zero-order valence-corrected chi connectivity index (χ0v) is 28.8. The molecule has 0 aliphatic heterocycles. The minimum atomic E-state index is -1.52. The smallest absolute Gasteiger partial charge is 0.326 e. The molecule has 0 radical (unpaired) electrons. The van der Waals surface area contributed by atoms with Gasteiger partial charge in [-0.2, -0.15) is 0 Å². The number of urea groups is 1. The van der Waals surface area contributed by atoms with Gasteiger partial charge < -0.3 is 60.8 Å². The van der Waals surface area contributed by atoms with Crippen molar-refractivity contribution in [1.82, 2.24) is 35.1 Å². The van der Waals surface area contributed by atoms with E-state index in [0.717, 1.165) is 0 Å². The highest BCUT2D eigenvalue weighted by Gasteiger charge is 2.29. The number of quaternary nitrogens is 1. The molecule has 3 amide bonds. The van der Waals surface area contributed by atoms with Gasteiger partial charge in [0, 0.05) is 37.8 Å². The fourth-order valence-electron chi connectivity index (χ4n) is 5.41. The van der Waals surface area contributed by atoms with Gasteiger partial charge >= 0.3 is 35.9 Å². The molecule has 2 aromatic heterocycles. The van der Waals surface area contributed by atoms with Crippen LogP contribution >= 0.6 is 0 Å². The van der Waals surface area contributed by atoms with Crippen molar-refractivity contribution in [3.63, 3.8) is 0 Å². The van der Waals surface area contributed by atoms with Crippen molar-refractivity contribution in [2.45, 2.75) is 95.7 Å². The highest BCUT2D eigenvalue weighted by Crippen LogP contribution is 2.19. The predicted molar refractivity (Wildman–Crippen MR) is 178 cm³/mol. The molecule has 0 aromatic carbocycles. The first-order valence-electron chi connectivity index (χ1n) is 16.5. The van der Waals surface area contributed by atoms with Crippen LogP contribution in [0.5, 0.6) is 0 Å². The maximum Gasteiger partial charge on any atom is 0.326 e. The number of carbonyl (C=O) groups excluding carboxylic acids is 2. The van der Waals surface area contributed by atoms with Crippen molar-refractivity contribution in [3.05, 3.63) is 36.4 Å². The number of nitrogens with two attached hydrogens (primary N) is 1. The lowest BCUT2D eigenvalue weighted by Gasteiger charge is -2.34. The Morgan fingerprint density at radius 2 is 1.23 bits per heavy atom. The minimum Gasteiger partial charge on any atom is -0.481 e. The molecule has 0 aliphatic carbocycles.